The largest absolute Gasteiger partial charge is 0.483 e. The summed E-state index contributed by atoms with van der Waals surface area (Å²) in [5.41, 5.74) is 6.66. The highest BCUT2D eigenvalue weighted by atomic mass is 16.5. The molecule has 2 unspecified atom stereocenters. The molecule has 0 radical (unpaired) electrons. The Kier molecular flexibility index (Phi) is 7.09. The van der Waals surface area contributed by atoms with Crippen LogP contribution in [-0.4, -0.2) is 25.6 Å². The predicted molar refractivity (Wildman–Crippen MR) is 81.9 cm³/mol. The lowest BCUT2D eigenvalue weighted by molar-refractivity contribution is -0.123. The van der Waals surface area contributed by atoms with Crippen molar-refractivity contribution >= 4 is 5.91 Å². The van der Waals surface area contributed by atoms with Gasteiger partial charge in [-0.1, -0.05) is 39.0 Å². The van der Waals surface area contributed by atoms with Crippen LogP contribution in [0.1, 0.15) is 38.7 Å². The number of ether oxygens (including phenoxy) is 1. The van der Waals surface area contributed by atoms with E-state index in [1.165, 1.54) is 0 Å². The highest BCUT2D eigenvalue weighted by molar-refractivity contribution is 5.77. The summed E-state index contributed by atoms with van der Waals surface area (Å²) in [6.45, 7) is 7.50. The van der Waals surface area contributed by atoms with Crippen molar-refractivity contribution in [2.45, 2.75) is 33.1 Å². The van der Waals surface area contributed by atoms with Gasteiger partial charge in [0.05, 0.1) is 0 Å². The summed E-state index contributed by atoms with van der Waals surface area (Å²) in [5.74, 6) is 1.39. The van der Waals surface area contributed by atoms with Crippen molar-refractivity contribution in [1.82, 2.24) is 5.32 Å². The number of para-hydroxylation sites is 1. The molecule has 0 heterocycles. The number of hydrogen-bond acceptors (Lipinski definition) is 3. The van der Waals surface area contributed by atoms with E-state index in [-0.39, 0.29) is 18.4 Å². The van der Waals surface area contributed by atoms with Gasteiger partial charge in [-0.25, -0.2) is 0 Å². The molecular formula is C16H26N2O2. The number of carbonyl (C=O) groups is 1. The quantitative estimate of drug-likeness (QED) is 0.767. The van der Waals surface area contributed by atoms with Crippen molar-refractivity contribution in [3.8, 4) is 5.75 Å². The molecule has 4 nitrogen and oxygen atoms in total. The van der Waals surface area contributed by atoms with Gasteiger partial charge in [0.25, 0.3) is 5.91 Å². The fourth-order valence-corrected chi connectivity index (χ4v) is 1.80. The fraction of sp³-hybridized carbons (Fsp3) is 0.562. The van der Waals surface area contributed by atoms with E-state index in [2.05, 4.69) is 25.2 Å². The van der Waals surface area contributed by atoms with Crippen LogP contribution in [0.25, 0.3) is 0 Å². The Labute approximate surface area is 121 Å². The Hall–Kier alpha value is -1.55. The number of carbonyl (C=O) groups excluding carboxylic acids is 1. The van der Waals surface area contributed by atoms with Crippen LogP contribution in [0.5, 0.6) is 5.75 Å². The second kappa shape index (κ2) is 8.59. The molecule has 0 saturated heterocycles. The van der Waals surface area contributed by atoms with Crippen molar-refractivity contribution < 1.29 is 9.53 Å². The molecule has 1 aromatic rings. The van der Waals surface area contributed by atoms with Gasteiger partial charge in [0.2, 0.25) is 0 Å². The highest BCUT2D eigenvalue weighted by Gasteiger charge is 2.11. The van der Waals surface area contributed by atoms with Crippen LogP contribution in [0.2, 0.25) is 0 Å². The van der Waals surface area contributed by atoms with Crippen LogP contribution >= 0.6 is 0 Å². The van der Waals surface area contributed by atoms with Gasteiger partial charge in [0.1, 0.15) is 5.75 Å². The zero-order valence-electron chi connectivity index (χ0n) is 12.7. The van der Waals surface area contributed by atoms with Gasteiger partial charge in [-0.15, -0.1) is 0 Å². The lowest BCUT2D eigenvalue weighted by Crippen LogP contribution is -2.34. The molecule has 0 bridgehead atoms. The molecule has 20 heavy (non-hydrogen) atoms. The van der Waals surface area contributed by atoms with Crippen molar-refractivity contribution in [2.24, 2.45) is 11.7 Å². The molecule has 4 heteroatoms. The number of amides is 1. The van der Waals surface area contributed by atoms with Crippen LogP contribution in [0, 0.1) is 5.92 Å². The van der Waals surface area contributed by atoms with E-state index in [9.17, 15) is 4.79 Å². The molecule has 112 valence electrons. The van der Waals surface area contributed by atoms with Gasteiger partial charge in [0, 0.05) is 6.54 Å². The molecule has 1 amide bonds. The Morgan fingerprint density at radius 1 is 1.35 bits per heavy atom. The lowest BCUT2D eigenvalue weighted by atomic mass is 9.98. The number of hydrogen-bond donors (Lipinski definition) is 2. The van der Waals surface area contributed by atoms with Crippen LogP contribution in [0.4, 0.5) is 0 Å². The molecule has 1 rings (SSSR count). The molecule has 0 aliphatic carbocycles. The Balaban J connectivity index is 2.51. The minimum atomic E-state index is -0.107. The molecule has 0 saturated carbocycles. The average molecular weight is 278 g/mol. The first-order chi connectivity index (χ1) is 9.58. The zero-order chi connectivity index (χ0) is 15.0. The summed E-state index contributed by atoms with van der Waals surface area (Å²) in [6, 6.07) is 7.89. The maximum atomic E-state index is 11.7. The Morgan fingerprint density at radius 2 is 2.05 bits per heavy atom. The summed E-state index contributed by atoms with van der Waals surface area (Å²) in [6.07, 6.45) is 1.04. The normalized spacial score (nSPS) is 13.6. The maximum absolute atomic E-state index is 11.7. The van der Waals surface area contributed by atoms with E-state index >= 15 is 0 Å². The van der Waals surface area contributed by atoms with Crippen molar-refractivity contribution in [1.29, 1.82) is 0 Å². The van der Waals surface area contributed by atoms with Crippen LogP contribution in [0.15, 0.2) is 24.3 Å². The first-order valence-electron chi connectivity index (χ1n) is 7.26. The SMILES string of the molecule is CCC(C)c1ccccc1OCC(=O)NCC(C)CN. The van der Waals surface area contributed by atoms with E-state index in [0.29, 0.717) is 19.0 Å². The third kappa shape index (κ3) is 5.21. The van der Waals surface area contributed by atoms with E-state index in [0.717, 1.165) is 17.7 Å². The number of benzene rings is 1. The predicted octanol–water partition coefficient (Wildman–Crippen LogP) is 2.29. The second-order valence-corrected chi connectivity index (χ2v) is 5.28. The van der Waals surface area contributed by atoms with E-state index in [1.54, 1.807) is 0 Å². The van der Waals surface area contributed by atoms with Crippen LogP contribution < -0.4 is 15.8 Å². The summed E-state index contributed by atoms with van der Waals surface area (Å²) in [5, 5.41) is 2.82. The van der Waals surface area contributed by atoms with Crippen LogP contribution in [0.3, 0.4) is 0 Å². The summed E-state index contributed by atoms with van der Waals surface area (Å²) >= 11 is 0. The summed E-state index contributed by atoms with van der Waals surface area (Å²) < 4.78 is 5.64. The molecular weight excluding hydrogens is 252 g/mol. The van der Waals surface area contributed by atoms with Crippen LogP contribution in [-0.2, 0) is 4.79 Å². The molecule has 3 N–H and O–H groups in total. The van der Waals surface area contributed by atoms with Gasteiger partial charge in [-0.05, 0) is 36.4 Å². The average Bonchev–Trinajstić information content (AvgIpc) is 2.49. The summed E-state index contributed by atoms with van der Waals surface area (Å²) in [4.78, 5) is 11.7. The van der Waals surface area contributed by atoms with E-state index in [1.807, 2.05) is 25.1 Å². The minimum absolute atomic E-state index is 0.0464. The topological polar surface area (TPSA) is 64.3 Å². The van der Waals surface area contributed by atoms with Crippen molar-refractivity contribution in [3.05, 3.63) is 29.8 Å². The number of nitrogens with two attached hydrogens (primary N) is 1. The van der Waals surface area contributed by atoms with E-state index in [4.69, 9.17) is 10.5 Å². The molecule has 2 atom stereocenters. The zero-order valence-corrected chi connectivity index (χ0v) is 12.7. The maximum Gasteiger partial charge on any atom is 0.257 e. The molecule has 1 aromatic carbocycles. The third-order valence-electron chi connectivity index (χ3n) is 3.47. The summed E-state index contributed by atoms with van der Waals surface area (Å²) in [7, 11) is 0. The number of nitrogens with one attached hydrogen (secondary N) is 1. The number of rotatable bonds is 8. The molecule has 0 aliphatic rings. The third-order valence-corrected chi connectivity index (χ3v) is 3.47. The van der Waals surface area contributed by atoms with E-state index < -0.39 is 0 Å². The smallest absolute Gasteiger partial charge is 0.257 e. The van der Waals surface area contributed by atoms with Gasteiger partial charge < -0.3 is 15.8 Å². The molecule has 0 spiro atoms. The lowest BCUT2D eigenvalue weighted by Gasteiger charge is -2.16. The first kappa shape index (κ1) is 16.5. The molecule has 0 fully saturated rings. The monoisotopic (exact) mass is 278 g/mol. The second-order valence-electron chi connectivity index (χ2n) is 5.28. The fourth-order valence-electron chi connectivity index (χ4n) is 1.80. The Bertz CT molecular complexity index is 421. The van der Waals surface area contributed by atoms with Gasteiger partial charge in [-0.3, -0.25) is 4.79 Å². The standard InChI is InChI=1S/C16H26N2O2/c1-4-13(3)14-7-5-6-8-15(14)20-11-16(19)18-10-12(2)9-17/h5-8,12-13H,4,9-11,17H2,1-3H3,(H,18,19). The molecule has 0 aliphatic heterocycles. The first-order valence-corrected chi connectivity index (χ1v) is 7.26. The van der Waals surface area contributed by atoms with Gasteiger partial charge in [-0.2, -0.15) is 0 Å². The van der Waals surface area contributed by atoms with Gasteiger partial charge in [0.15, 0.2) is 6.61 Å². The molecule has 0 aromatic heterocycles. The van der Waals surface area contributed by atoms with Gasteiger partial charge >= 0.3 is 0 Å². The van der Waals surface area contributed by atoms with Crippen molar-refractivity contribution in [3.63, 3.8) is 0 Å². The highest BCUT2D eigenvalue weighted by Crippen LogP contribution is 2.28. The minimum Gasteiger partial charge on any atom is -0.483 e. The Morgan fingerprint density at radius 3 is 2.70 bits per heavy atom. The van der Waals surface area contributed by atoms with Crippen molar-refractivity contribution in [2.75, 3.05) is 19.7 Å².